The fraction of sp³-hybridized carbons (Fsp3) is 0.278. The molecule has 146 valence electrons. The molecule has 9 heteroatoms. The first-order chi connectivity index (χ1) is 12.8. The monoisotopic (exact) mass is 456 g/mol. The number of nitrogens with zero attached hydrogens (tertiary/aromatic N) is 1. The van der Waals surface area contributed by atoms with E-state index in [0.29, 0.717) is 18.9 Å². The topological polar surface area (TPSA) is 84.9 Å². The second-order valence-corrected chi connectivity index (χ2v) is 8.37. The lowest BCUT2D eigenvalue weighted by Gasteiger charge is -2.18. The summed E-state index contributed by atoms with van der Waals surface area (Å²) in [5.41, 5.74) is 0.246. The standard InChI is InChI=1S/C18H21BrN2O5S/c1-20-27(23,24)17-12-13(4-9-16(17)25-3)18(22)21(2)10-11-26-15-7-5-14(19)6-8-15/h4-9,12,20H,10-11H2,1-3H3. The van der Waals surface area contributed by atoms with E-state index in [1.165, 1.54) is 37.3 Å². The quantitative estimate of drug-likeness (QED) is 0.659. The summed E-state index contributed by atoms with van der Waals surface area (Å²) < 4.78 is 38.2. The van der Waals surface area contributed by atoms with Crippen LogP contribution in [0.5, 0.6) is 11.5 Å². The molecule has 1 amide bonds. The van der Waals surface area contributed by atoms with Crippen LogP contribution in [-0.4, -0.2) is 53.6 Å². The first kappa shape index (κ1) is 21.2. The molecule has 0 saturated heterocycles. The Morgan fingerprint density at radius 3 is 2.44 bits per heavy atom. The Kier molecular flexibility index (Phi) is 7.23. The predicted molar refractivity (Wildman–Crippen MR) is 106 cm³/mol. The number of sulfonamides is 1. The third-order valence-electron chi connectivity index (χ3n) is 3.82. The van der Waals surface area contributed by atoms with E-state index in [1.54, 1.807) is 7.05 Å². The molecule has 0 heterocycles. The van der Waals surface area contributed by atoms with Crippen LogP contribution in [0.15, 0.2) is 51.8 Å². The molecule has 0 fully saturated rings. The second kappa shape index (κ2) is 9.20. The number of likely N-dealkylation sites (N-methyl/N-ethyl adjacent to an activating group) is 1. The molecule has 1 N–H and O–H groups in total. The molecule has 0 aliphatic carbocycles. The number of carbonyl (C=O) groups is 1. The molecular formula is C18H21BrN2O5S. The lowest BCUT2D eigenvalue weighted by Crippen LogP contribution is -2.31. The van der Waals surface area contributed by atoms with Gasteiger partial charge in [0, 0.05) is 17.1 Å². The van der Waals surface area contributed by atoms with Gasteiger partial charge in [-0.2, -0.15) is 0 Å². The summed E-state index contributed by atoms with van der Waals surface area (Å²) >= 11 is 3.35. The minimum atomic E-state index is -3.75. The summed E-state index contributed by atoms with van der Waals surface area (Å²) in [6.45, 7) is 0.650. The fourth-order valence-corrected chi connectivity index (χ4v) is 3.47. The van der Waals surface area contributed by atoms with Crippen molar-refractivity contribution < 1.29 is 22.7 Å². The van der Waals surface area contributed by atoms with Crippen molar-refractivity contribution in [2.75, 3.05) is 34.4 Å². The highest BCUT2D eigenvalue weighted by Gasteiger charge is 2.21. The third-order valence-corrected chi connectivity index (χ3v) is 5.79. The zero-order valence-electron chi connectivity index (χ0n) is 15.2. The Morgan fingerprint density at radius 2 is 1.85 bits per heavy atom. The number of hydrogen-bond donors (Lipinski definition) is 1. The molecule has 0 aliphatic heterocycles. The molecule has 7 nitrogen and oxygen atoms in total. The minimum absolute atomic E-state index is 0.0853. The normalized spacial score (nSPS) is 11.1. The Balaban J connectivity index is 2.07. The van der Waals surface area contributed by atoms with Crippen molar-refractivity contribution in [1.82, 2.24) is 9.62 Å². The van der Waals surface area contributed by atoms with E-state index in [4.69, 9.17) is 9.47 Å². The van der Waals surface area contributed by atoms with E-state index >= 15 is 0 Å². The van der Waals surface area contributed by atoms with Crippen molar-refractivity contribution >= 4 is 31.9 Å². The van der Waals surface area contributed by atoms with E-state index in [0.717, 1.165) is 4.47 Å². The van der Waals surface area contributed by atoms with Crippen LogP contribution >= 0.6 is 15.9 Å². The summed E-state index contributed by atoms with van der Waals surface area (Å²) in [6, 6.07) is 11.7. The summed E-state index contributed by atoms with van der Waals surface area (Å²) in [5.74, 6) is 0.553. The number of hydrogen-bond acceptors (Lipinski definition) is 5. The van der Waals surface area contributed by atoms with Gasteiger partial charge in [-0.25, -0.2) is 13.1 Å². The van der Waals surface area contributed by atoms with Crippen LogP contribution in [0.2, 0.25) is 0 Å². The molecule has 2 aromatic carbocycles. The van der Waals surface area contributed by atoms with Crippen LogP contribution in [0.1, 0.15) is 10.4 Å². The largest absolute Gasteiger partial charge is 0.495 e. The molecule has 0 unspecified atom stereocenters. The molecule has 0 bridgehead atoms. The van der Waals surface area contributed by atoms with Crippen molar-refractivity contribution in [3.8, 4) is 11.5 Å². The smallest absolute Gasteiger partial charge is 0.253 e. The lowest BCUT2D eigenvalue weighted by molar-refractivity contribution is 0.0773. The molecular weight excluding hydrogens is 436 g/mol. The van der Waals surface area contributed by atoms with Gasteiger partial charge in [0.25, 0.3) is 5.91 Å². The summed E-state index contributed by atoms with van der Waals surface area (Å²) in [6.07, 6.45) is 0. The van der Waals surface area contributed by atoms with Gasteiger partial charge < -0.3 is 14.4 Å². The number of halogens is 1. The van der Waals surface area contributed by atoms with Gasteiger partial charge in [0.05, 0.1) is 13.7 Å². The Hall–Kier alpha value is -2.10. The van der Waals surface area contributed by atoms with Crippen molar-refractivity contribution in [1.29, 1.82) is 0 Å². The number of carbonyl (C=O) groups excluding carboxylic acids is 1. The number of methoxy groups -OCH3 is 1. The zero-order chi connectivity index (χ0) is 20.0. The molecule has 2 aromatic rings. The average molecular weight is 457 g/mol. The lowest BCUT2D eigenvalue weighted by atomic mass is 10.2. The second-order valence-electron chi connectivity index (χ2n) is 5.60. The molecule has 0 aliphatic rings. The first-order valence-electron chi connectivity index (χ1n) is 8.04. The summed E-state index contributed by atoms with van der Waals surface area (Å²) in [5, 5.41) is 0. The van der Waals surface area contributed by atoms with Gasteiger partial charge in [-0.05, 0) is 49.5 Å². The van der Waals surface area contributed by atoms with E-state index in [9.17, 15) is 13.2 Å². The van der Waals surface area contributed by atoms with Crippen molar-refractivity contribution in [2.45, 2.75) is 4.90 Å². The average Bonchev–Trinajstić information content (AvgIpc) is 2.68. The Morgan fingerprint density at radius 1 is 1.19 bits per heavy atom. The molecule has 0 saturated carbocycles. The number of rotatable bonds is 8. The van der Waals surface area contributed by atoms with Gasteiger partial charge in [-0.15, -0.1) is 0 Å². The van der Waals surface area contributed by atoms with Crippen LogP contribution in [0.25, 0.3) is 0 Å². The van der Waals surface area contributed by atoms with Gasteiger partial charge in [-0.3, -0.25) is 4.79 Å². The number of nitrogens with one attached hydrogen (secondary N) is 1. The van der Waals surface area contributed by atoms with Crippen LogP contribution in [0, 0.1) is 0 Å². The molecule has 0 atom stereocenters. The van der Waals surface area contributed by atoms with Gasteiger partial charge in [0.1, 0.15) is 23.0 Å². The first-order valence-corrected chi connectivity index (χ1v) is 10.3. The van der Waals surface area contributed by atoms with Gasteiger partial charge >= 0.3 is 0 Å². The van der Waals surface area contributed by atoms with Gasteiger partial charge in [0.15, 0.2) is 0 Å². The van der Waals surface area contributed by atoms with Crippen LogP contribution in [-0.2, 0) is 10.0 Å². The van der Waals surface area contributed by atoms with E-state index in [1.807, 2.05) is 24.3 Å². The number of ether oxygens (including phenoxy) is 2. The van der Waals surface area contributed by atoms with Gasteiger partial charge in [-0.1, -0.05) is 15.9 Å². The summed E-state index contributed by atoms with van der Waals surface area (Å²) in [7, 11) is 0.548. The Labute approximate surface area is 167 Å². The number of benzene rings is 2. The maximum atomic E-state index is 12.6. The maximum absolute atomic E-state index is 12.6. The highest BCUT2D eigenvalue weighted by molar-refractivity contribution is 9.10. The van der Waals surface area contributed by atoms with E-state index in [2.05, 4.69) is 20.7 Å². The maximum Gasteiger partial charge on any atom is 0.253 e. The Bertz CT molecular complexity index is 900. The SMILES string of the molecule is CNS(=O)(=O)c1cc(C(=O)N(C)CCOc2ccc(Br)cc2)ccc1OC. The zero-order valence-corrected chi connectivity index (χ0v) is 17.6. The molecule has 0 radical (unpaired) electrons. The third kappa shape index (κ3) is 5.44. The van der Waals surface area contributed by atoms with E-state index in [-0.39, 0.29) is 22.1 Å². The summed E-state index contributed by atoms with van der Waals surface area (Å²) in [4.78, 5) is 14.0. The van der Waals surface area contributed by atoms with Crippen molar-refractivity contribution in [3.63, 3.8) is 0 Å². The fourth-order valence-electron chi connectivity index (χ4n) is 2.28. The van der Waals surface area contributed by atoms with Crippen LogP contribution < -0.4 is 14.2 Å². The van der Waals surface area contributed by atoms with E-state index < -0.39 is 10.0 Å². The molecule has 27 heavy (non-hydrogen) atoms. The van der Waals surface area contributed by atoms with Crippen molar-refractivity contribution in [2.24, 2.45) is 0 Å². The molecule has 0 aromatic heterocycles. The molecule has 2 rings (SSSR count). The highest BCUT2D eigenvalue weighted by atomic mass is 79.9. The highest BCUT2D eigenvalue weighted by Crippen LogP contribution is 2.25. The van der Waals surface area contributed by atoms with Crippen molar-refractivity contribution in [3.05, 3.63) is 52.5 Å². The number of amides is 1. The predicted octanol–water partition coefficient (Wildman–Crippen LogP) is 2.52. The molecule has 0 spiro atoms. The van der Waals surface area contributed by atoms with Crippen LogP contribution in [0.4, 0.5) is 0 Å². The minimum Gasteiger partial charge on any atom is -0.495 e. The van der Waals surface area contributed by atoms with Crippen LogP contribution in [0.3, 0.4) is 0 Å². The van der Waals surface area contributed by atoms with Gasteiger partial charge in [0.2, 0.25) is 10.0 Å².